The first kappa shape index (κ1) is 97.5. The van der Waals surface area contributed by atoms with Crippen LogP contribution < -0.4 is 28.7 Å². The van der Waals surface area contributed by atoms with Crippen molar-refractivity contribution in [3.8, 4) is 0 Å². The Morgan fingerprint density at radius 2 is 0.551 bits per heavy atom. The van der Waals surface area contributed by atoms with Gasteiger partial charge in [0.1, 0.15) is 22.7 Å². The van der Waals surface area contributed by atoms with Gasteiger partial charge in [-0.1, -0.05) is 168 Å². The van der Waals surface area contributed by atoms with Crippen molar-refractivity contribution >= 4 is 168 Å². The zero-order chi connectivity index (χ0) is 56.8. The Labute approximate surface area is 496 Å². The van der Waals surface area contributed by atoms with E-state index in [-0.39, 0.29) is 57.8 Å². The van der Waals surface area contributed by atoms with Crippen LogP contribution in [0.25, 0.3) is 0 Å². The number of anilines is 4. The van der Waals surface area contributed by atoms with Crippen LogP contribution in [0, 0.1) is 40.5 Å². The second-order valence-corrected chi connectivity index (χ2v) is 56.7. The molecule has 18 nitrogen and oxygen atoms in total. The number of nitrogens with zero attached hydrogens (tertiary/aromatic N) is 5. The summed E-state index contributed by atoms with van der Waals surface area (Å²) in [5.41, 5.74) is 26.3. The molecular formula is C43H83I6N10O8V2. The molecule has 0 aliphatic rings. The van der Waals surface area contributed by atoms with Crippen LogP contribution in [0.4, 0.5) is 45.5 Å². The number of hydrogen-bond donors (Lipinski definition) is 5. The van der Waals surface area contributed by atoms with Gasteiger partial charge >= 0.3 is 114 Å². The summed E-state index contributed by atoms with van der Waals surface area (Å²) in [5.74, 6) is 0. The van der Waals surface area contributed by atoms with Gasteiger partial charge in [-0.3, -0.25) is 40.5 Å². The predicted molar refractivity (Wildman–Crippen MR) is 349 cm³/mol. The second kappa shape index (κ2) is 84.0. The first-order valence-corrected chi connectivity index (χ1v) is 45.1. The number of halogens is 6. The number of nitro groups is 4. The molecule has 4 aromatic carbocycles. The maximum absolute atomic E-state index is 10.1. The van der Waals surface area contributed by atoms with Gasteiger partial charge in [-0.15, -0.1) is 0 Å². The Morgan fingerprint density at radius 1 is 0.464 bits per heavy atom. The van der Waals surface area contributed by atoms with Crippen molar-refractivity contribution in [2.24, 2.45) is 5.73 Å². The van der Waals surface area contributed by atoms with Crippen molar-refractivity contribution in [1.29, 1.82) is 0 Å². The van der Waals surface area contributed by atoms with Crippen molar-refractivity contribution < 1.29 is 34.1 Å². The Bertz CT molecular complexity index is 1430. The number of alkyl halides is 1. The van der Waals surface area contributed by atoms with Gasteiger partial charge in [-0.05, 0) is 57.4 Å². The SMILES string of the molecule is C.CC.CC.CC.CC.CC.CCC.CI.CN.CN(C)C.Nc1ccccc1[N+](=O)[O-].Nc1ccccc1[N+](=O)[O-].Nc1ccccc1[N+](=O)[O-].Nc1ccccc1[N+](=O)[O-].[I][V]([I])[I].[I][V][I]. The molecule has 405 valence electrons. The molecule has 69 heavy (non-hydrogen) atoms. The normalized spacial score (nSPS) is 7.45. The summed E-state index contributed by atoms with van der Waals surface area (Å²) in [7, 11) is 8.13. The average Bonchev–Trinajstić information content (AvgIpc) is 3.32. The molecule has 0 bridgehead atoms. The molecule has 26 heteroatoms. The van der Waals surface area contributed by atoms with E-state index in [1.807, 2.05) is 100 Å². The first-order valence-electron chi connectivity index (χ1n) is 20.4. The third kappa shape index (κ3) is 81.5. The van der Waals surface area contributed by atoms with Gasteiger partial charge < -0.3 is 33.6 Å². The number of nitrogens with two attached hydrogens (primary N) is 5. The van der Waals surface area contributed by atoms with E-state index in [2.05, 4.69) is 142 Å². The topological polar surface area (TPSA) is 306 Å². The standard InChI is InChI=1S/4C6H6N2O2.C3H9N.C3H8.5C2H6.CH3I.CH5N.CH4.5HI.2V/c4*7-5-3-1-2-4-6(5)8(9)10;1-4(2)3;1-3-2;7*1-2;;;;;;;;/h4*1-4H,7H2;1-3H3;3H2,1-2H3;5*1-2H3;1H3;2H2,1H3;1H4;5*1H;;/q;;;;;;;;;;;;;;;;;;;+2;+3/p-5. The van der Waals surface area contributed by atoms with Crippen molar-refractivity contribution in [1.82, 2.24) is 4.90 Å². The first-order chi connectivity index (χ1) is 32.2. The third-order valence-corrected chi connectivity index (χ3v) is 4.53. The van der Waals surface area contributed by atoms with Crippen molar-refractivity contribution in [2.75, 3.05) is 56.1 Å². The molecule has 4 rings (SSSR count). The van der Waals surface area contributed by atoms with Gasteiger partial charge in [0.2, 0.25) is 0 Å². The number of benzene rings is 4. The summed E-state index contributed by atoms with van der Waals surface area (Å²) in [6.07, 6.45) is 1.25. The van der Waals surface area contributed by atoms with E-state index in [4.69, 9.17) is 22.9 Å². The fourth-order valence-corrected chi connectivity index (χ4v) is 2.62. The van der Waals surface area contributed by atoms with Gasteiger partial charge in [0.15, 0.2) is 0 Å². The van der Waals surface area contributed by atoms with Crippen LogP contribution in [-0.4, -0.2) is 57.7 Å². The summed E-state index contributed by atoms with van der Waals surface area (Å²) < 4.78 is 0. The molecule has 0 spiro atoms. The van der Waals surface area contributed by atoms with Gasteiger partial charge in [-0.2, -0.15) is 0 Å². The second-order valence-electron chi connectivity index (χ2n) is 9.57. The van der Waals surface area contributed by atoms with Crippen molar-refractivity contribution in [3.05, 3.63) is 138 Å². The van der Waals surface area contributed by atoms with E-state index in [1.165, 1.54) is 62.0 Å². The molecule has 0 aliphatic carbocycles. The van der Waals surface area contributed by atoms with Gasteiger partial charge in [0.25, 0.3) is 22.7 Å². The van der Waals surface area contributed by atoms with Crippen LogP contribution in [0.3, 0.4) is 0 Å². The van der Waals surface area contributed by atoms with E-state index in [0.29, 0.717) is 9.47 Å². The molecule has 0 radical (unpaired) electrons. The van der Waals surface area contributed by atoms with E-state index in [0.717, 1.165) is 0 Å². The molecule has 10 N–H and O–H groups in total. The molecule has 0 fully saturated rings. The Hall–Kier alpha value is -0.851. The number of para-hydroxylation sites is 8. The molecule has 4 aromatic rings. The van der Waals surface area contributed by atoms with Crippen molar-refractivity contribution in [2.45, 2.75) is 96.9 Å². The number of nitro benzene ring substituents is 4. The summed E-state index contributed by atoms with van der Waals surface area (Å²) in [4.78, 5) is 42.3. The van der Waals surface area contributed by atoms with E-state index >= 15 is 0 Å². The summed E-state index contributed by atoms with van der Waals surface area (Å²) >= 11 is 14.3. The van der Waals surface area contributed by atoms with Gasteiger partial charge in [0, 0.05) is 24.3 Å². The zero-order valence-corrected chi connectivity index (χ0v) is 58.2. The van der Waals surface area contributed by atoms with Gasteiger partial charge in [-0.25, -0.2) is 0 Å². The number of rotatable bonds is 4. The molecule has 0 saturated heterocycles. The fourth-order valence-electron chi connectivity index (χ4n) is 2.62. The predicted octanol–water partition coefficient (Wildman–Crippen LogP) is 17.1. The molecule has 0 aromatic heterocycles. The van der Waals surface area contributed by atoms with Crippen LogP contribution in [0.2, 0.25) is 0 Å². The minimum atomic E-state index is -0.505. The molecule has 0 unspecified atom stereocenters. The van der Waals surface area contributed by atoms with E-state index < -0.39 is 19.7 Å². The third-order valence-electron chi connectivity index (χ3n) is 4.53. The summed E-state index contributed by atoms with van der Waals surface area (Å²) in [5, 5.41) is 40.6. The molecular weight excluding hydrogens is 1650 g/mol. The Kier molecular flexibility index (Phi) is 119. The maximum atomic E-state index is 10.1. The minimum absolute atomic E-state index is 0. The van der Waals surface area contributed by atoms with Gasteiger partial charge in [0.05, 0.1) is 19.7 Å². The van der Waals surface area contributed by atoms with Crippen LogP contribution in [-0.2, 0) is 14.4 Å². The van der Waals surface area contributed by atoms with E-state index in [1.54, 1.807) is 48.5 Å². The van der Waals surface area contributed by atoms with Crippen LogP contribution >= 0.6 is 122 Å². The zero-order valence-electron chi connectivity index (χ0n) is 42.5. The molecule has 0 amide bonds. The monoisotopic (exact) mass is 1730 g/mol. The number of nitrogen functional groups attached to an aromatic ring is 4. The quantitative estimate of drug-likeness (QED) is 0.0417. The summed E-state index contributed by atoms with van der Waals surface area (Å²) in [6, 6.07) is 24.4. The molecule has 0 heterocycles. The Balaban J connectivity index is -0.0000000533. The molecule has 0 saturated carbocycles. The number of hydrogen-bond acceptors (Lipinski definition) is 14. The Morgan fingerprint density at radius 3 is 0.609 bits per heavy atom. The molecule has 0 aliphatic heterocycles. The fraction of sp³-hybridized carbons (Fsp3) is 0.442. The van der Waals surface area contributed by atoms with Crippen LogP contribution in [0.5, 0.6) is 0 Å². The average molecular weight is 1730 g/mol. The van der Waals surface area contributed by atoms with Crippen LogP contribution in [0.15, 0.2) is 97.1 Å². The van der Waals surface area contributed by atoms with E-state index in [9.17, 15) is 40.5 Å². The van der Waals surface area contributed by atoms with Crippen LogP contribution in [0.1, 0.15) is 96.9 Å². The van der Waals surface area contributed by atoms with Crippen molar-refractivity contribution in [3.63, 3.8) is 0 Å². The molecule has 0 atom stereocenters. The summed E-state index contributed by atoms with van der Waals surface area (Å²) in [6.45, 7) is 24.2.